The van der Waals surface area contributed by atoms with Crippen LogP contribution in [0.25, 0.3) is 11.4 Å². The van der Waals surface area contributed by atoms with E-state index in [1.165, 1.54) is 17.3 Å². The van der Waals surface area contributed by atoms with Crippen LogP contribution in [0.4, 0.5) is 0 Å². The van der Waals surface area contributed by atoms with Crippen LogP contribution in [-0.4, -0.2) is 71.3 Å². The maximum Gasteiger partial charge on any atom is 0.233 e. The number of hydrogen-bond donors (Lipinski definition) is 0. The van der Waals surface area contributed by atoms with Crippen LogP contribution < -0.4 is 0 Å². The number of morpholine rings is 1. The van der Waals surface area contributed by atoms with Gasteiger partial charge in [-0.05, 0) is 17.4 Å². The van der Waals surface area contributed by atoms with Gasteiger partial charge in [-0.3, -0.25) is 4.79 Å². The lowest BCUT2D eigenvalue weighted by molar-refractivity contribution is -0.132. The molecule has 8 heteroatoms. The zero-order valence-electron chi connectivity index (χ0n) is 18.4. The van der Waals surface area contributed by atoms with Gasteiger partial charge in [-0.1, -0.05) is 56.8 Å². The van der Waals surface area contributed by atoms with Crippen molar-refractivity contribution < 1.29 is 14.3 Å². The molecule has 0 unspecified atom stereocenters. The monoisotopic (exact) mass is 432 g/mol. The minimum absolute atomic E-state index is 0.103. The number of rotatable bonds is 8. The second-order valence-corrected chi connectivity index (χ2v) is 9.36. The Morgan fingerprint density at radius 3 is 2.50 bits per heavy atom. The molecule has 1 aliphatic rings. The average molecular weight is 433 g/mol. The van der Waals surface area contributed by atoms with E-state index in [0.717, 1.165) is 29.5 Å². The molecule has 0 aliphatic carbocycles. The van der Waals surface area contributed by atoms with Gasteiger partial charge < -0.3 is 18.9 Å². The number of hydrogen-bond acceptors (Lipinski definition) is 6. The van der Waals surface area contributed by atoms with Crippen molar-refractivity contribution in [3.05, 3.63) is 29.8 Å². The molecule has 3 rings (SSSR count). The van der Waals surface area contributed by atoms with Crippen LogP contribution in [0.5, 0.6) is 0 Å². The molecule has 0 atom stereocenters. The normalized spacial score (nSPS) is 14.9. The van der Waals surface area contributed by atoms with E-state index < -0.39 is 0 Å². The van der Waals surface area contributed by atoms with Crippen molar-refractivity contribution in [1.29, 1.82) is 0 Å². The predicted octanol–water partition coefficient (Wildman–Crippen LogP) is 3.23. The molecule has 0 bridgehead atoms. The van der Waals surface area contributed by atoms with Crippen molar-refractivity contribution in [2.45, 2.75) is 44.3 Å². The summed E-state index contributed by atoms with van der Waals surface area (Å²) in [6.45, 7) is 10.6. The molecule has 30 heavy (non-hydrogen) atoms. The summed E-state index contributed by atoms with van der Waals surface area (Å²) in [5.41, 5.74) is 2.41. The molecule has 0 saturated carbocycles. The smallest absolute Gasteiger partial charge is 0.233 e. The molecular weight excluding hydrogens is 400 g/mol. The number of thioether (sulfide) groups is 1. The Morgan fingerprint density at radius 1 is 1.17 bits per heavy atom. The Balaban J connectivity index is 1.76. The van der Waals surface area contributed by atoms with Crippen LogP contribution in [0.2, 0.25) is 0 Å². The fourth-order valence-corrected chi connectivity index (χ4v) is 4.19. The van der Waals surface area contributed by atoms with E-state index >= 15 is 0 Å². The molecule has 1 aliphatic heterocycles. The molecule has 0 radical (unpaired) electrons. The molecular formula is C22H32N4O3S. The zero-order chi connectivity index (χ0) is 21.6. The van der Waals surface area contributed by atoms with Gasteiger partial charge in [0.05, 0.1) is 19.0 Å². The Morgan fingerprint density at radius 2 is 1.87 bits per heavy atom. The molecule has 0 spiro atoms. The molecule has 1 amide bonds. The van der Waals surface area contributed by atoms with E-state index in [4.69, 9.17) is 9.47 Å². The molecule has 2 heterocycles. The molecule has 1 fully saturated rings. The van der Waals surface area contributed by atoms with Gasteiger partial charge in [0.25, 0.3) is 0 Å². The summed E-state index contributed by atoms with van der Waals surface area (Å²) in [5.74, 6) is 1.30. The highest BCUT2D eigenvalue weighted by Crippen LogP contribution is 2.28. The number of amides is 1. The van der Waals surface area contributed by atoms with Crippen molar-refractivity contribution in [1.82, 2.24) is 19.7 Å². The van der Waals surface area contributed by atoms with Gasteiger partial charge >= 0.3 is 0 Å². The summed E-state index contributed by atoms with van der Waals surface area (Å²) in [6, 6.07) is 8.51. The molecule has 164 valence electrons. The van der Waals surface area contributed by atoms with Crippen molar-refractivity contribution in [2.75, 3.05) is 45.8 Å². The van der Waals surface area contributed by atoms with Gasteiger partial charge in [0, 0.05) is 38.9 Å². The van der Waals surface area contributed by atoms with Crippen molar-refractivity contribution >= 4 is 17.7 Å². The quantitative estimate of drug-likeness (QED) is 0.471. The Kier molecular flexibility index (Phi) is 7.91. The Hall–Kier alpha value is -1.90. The standard InChI is InChI=1S/C22H32N4O3S/c1-22(2,3)18-8-6-17(7-9-18)20-23-24-21(26(20)10-5-13-28-4)30-16-19(27)25-11-14-29-15-12-25/h6-9H,5,10-16H2,1-4H3. The molecule has 2 aromatic rings. The number of nitrogens with zero attached hydrogens (tertiary/aromatic N) is 4. The van der Waals surface area contributed by atoms with Crippen LogP contribution in [0.15, 0.2) is 29.4 Å². The van der Waals surface area contributed by atoms with Crippen molar-refractivity contribution in [2.24, 2.45) is 0 Å². The number of ether oxygens (including phenoxy) is 2. The fourth-order valence-electron chi connectivity index (χ4n) is 3.33. The summed E-state index contributed by atoms with van der Waals surface area (Å²) in [7, 11) is 1.70. The summed E-state index contributed by atoms with van der Waals surface area (Å²) < 4.78 is 12.7. The lowest BCUT2D eigenvalue weighted by atomic mass is 9.87. The van der Waals surface area contributed by atoms with Crippen molar-refractivity contribution in [3.63, 3.8) is 0 Å². The SMILES string of the molecule is COCCCn1c(SCC(=O)N2CCOCC2)nnc1-c1ccc(C(C)(C)C)cc1. The van der Waals surface area contributed by atoms with Gasteiger partial charge in [0.15, 0.2) is 11.0 Å². The van der Waals surface area contributed by atoms with Crippen LogP contribution >= 0.6 is 11.8 Å². The van der Waals surface area contributed by atoms with E-state index in [-0.39, 0.29) is 11.3 Å². The summed E-state index contributed by atoms with van der Waals surface area (Å²) in [5, 5.41) is 9.62. The molecule has 7 nitrogen and oxygen atoms in total. The second-order valence-electron chi connectivity index (χ2n) is 8.41. The van der Waals surface area contributed by atoms with Gasteiger partial charge in [0.1, 0.15) is 0 Å². The van der Waals surface area contributed by atoms with E-state index in [1.807, 2.05) is 4.90 Å². The highest BCUT2D eigenvalue weighted by molar-refractivity contribution is 7.99. The predicted molar refractivity (Wildman–Crippen MR) is 119 cm³/mol. The third-order valence-electron chi connectivity index (χ3n) is 5.14. The van der Waals surface area contributed by atoms with Crippen LogP contribution in [0.1, 0.15) is 32.8 Å². The van der Waals surface area contributed by atoms with Crippen molar-refractivity contribution in [3.8, 4) is 11.4 Å². The maximum atomic E-state index is 12.5. The van der Waals surface area contributed by atoms with E-state index in [9.17, 15) is 4.79 Å². The Labute approximate surface area is 183 Å². The highest BCUT2D eigenvalue weighted by Gasteiger charge is 2.20. The summed E-state index contributed by atoms with van der Waals surface area (Å²) in [4.78, 5) is 14.4. The minimum Gasteiger partial charge on any atom is -0.385 e. The summed E-state index contributed by atoms with van der Waals surface area (Å²) in [6.07, 6.45) is 0.854. The van der Waals surface area contributed by atoms with Gasteiger partial charge in [0.2, 0.25) is 5.91 Å². The lowest BCUT2D eigenvalue weighted by Crippen LogP contribution is -2.41. The number of methoxy groups -OCH3 is 1. The average Bonchev–Trinajstić information content (AvgIpc) is 3.15. The van der Waals surface area contributed by atoms with Crippen LogP contribution in [0, 0.1) is 0 Å². The first-order chi connectivity index (χ1) is 14.4. The topological polar surface area (TPSA) is 69.5 Å². The van der Waals surface area contributed by atoms with Gasteiger partial charge in [-0.25, -0.2) is 0 Å². The first kappa shape index (κ1) is 22.8. The molecule has 1 saturated heterocycles. The number of carbonyl (C=O) groups is 1. The number of aromatic nitrogens is 3. The van der Waals surface area contributed by atoms with Crippen LogP contribution in [-0.2, 0) is 26.2 Å². The van der Waals surface area contributed by atoms with Crippen LogP contribution in [0.3, 0.4) is 0 Å². The first-order valence-corrected chi connectivity index (χ1v) is 11.4. The maximum absolute atomic E-state index is 12.5. The summed E-state index contributed by atoms with van der Waals surface area (Å²) >= 11 is 1.45. The van der Waals surface area contributed by atoms with E-state index in [2.05, 4.69) is 59.8 Å². The number of carbonyl (C=O) groups excluding carboxylic acids is 1. The van der Waals surface area contributed by atoms with Gasteiger partial charge in [-0.15, -0.1) is 10.2 Å². The first-order valence-electron chi connectivity index (χ1n) is 10.4. The van der Waals surface area contributed by atoms with Gasteiger partial charge in [-0.2, -0.15) is 0 Å². The molecule has 0 N–H and O–H groups in total. The zero-order valence-corrected chi connectivity index (χ0v) is 19.2. The largest absolute Gasteiger partial charge is 0.385 e. The lowest BCUT2D eigenvalue weighted by Gasteiger charge is -2.26. The fraction of sp³-hybridized carbons (Fsp3) is 0.591. The second kappa shape index (κ2) is 10.4. The number of benzene rings is 1. The van der Waals surface area contributed by atoms with E-state index in [1.54, 1.807) is 7.11 Å². The Bertz CT molecular complexity index is 824. The third-order valence-corrected chi connectivity index (χ3v) is 6.10. The highest BCUT2D eigenvalue weighted by atomic mass is 32.2. The minimum atomic E-state index is 0.103. The molecule has 1 aromatic carbocycles. The third kappa shape index (κ3) is 5.83. The molecule has 1 aromatic heterocycles. The van der Waals surface area contributed by atoms with E-state index in [0.29, 0.717) is 38.7 Å².